The van der Waals surface area contributed by atoms with Gasteiger partial charge in [-0.1, -0.05) is 18.2 Å². The molecule has 110 valence electrons. The van der Waals surface area contributed by atoms with Gasteiger partial charge in [-0.2, -0.15) is 0 Å². The van der Waals surface area contributed by atoms with Crippen LogP contribution in [0.5, 0.6) is 0 Å². The van der Waals surface area contributed by atoms with Gasteiger partial charge in [-0.3, -0.25) is 4.79 Å². The number of nitrogens with zero attached hydrogens (tertiary/aromatic N) is 2. The molecule has 0 spiro atoms. The van der Waals surface area contributed by atoms with Gasteiger partial charge in [-0.15, -0.1) is 12.4 Å². The van der Waals surface area contributed by atoms with Crippen LogP contribution in [0.25, 0.3) is 0 Å². The Hall–Kier alpha value is -1.26. The van der Waals surface area contributed by atoms with Crippen LogP contribution in [0.1, 0.15) is 12.5 Å². The molecule has 2 aliphatic heterocycles. The molecular formula is C15H22ClN3O. The number of hydrogen-bond donors (Lipinski definition) is 1. The quantitative estimate of drug-likeness (QED) is 0.853. The number of carbonyl (C=O) groups excluding carboxylic acids is 1. The summed E-state index contributed by atoms with van der Waals surface area (Å²) in [5, 5.41) is 3.18. The molecule has 1 amide bonds. The minimum atomic E-state index is 0. The largest absolute Gasteiger partial charge is 0.372 e. The fraction of sp³-hybridized carbons (Fsp3) is 0.533. The number of rotatable bonds is 1. The fourth-order valence-electron chi connectivity index (χ4n) is 2.94. The summed E-state index contributed by atoms with van der Waals surface area (Å²) >= 11 is 0. The van der Waals surface area contributed by atoms with Crippen LogP contribution in [0.4, 0.5) is 5.69 Å². The van der Waals surface area contributed by atoms with Crippen LogP contribution in [0.15, 0.2) is 24.3 Å². The van der Waals surface area contributed by atoms with Gasteiger partial charge in [0.1, 0.15) is 0 Å². The number of likely N-dealkylation sites (N-methyl/N-ethyl adjacent to an activating group) is 1. The Balaban J connectivity index is 0.00000147. The third kappa shape index (κ3) is 2.63. The molecule has 4 nitrogen and oxygen atoms in total. The van der Waals surface area contributed by atoms with Crippen molar-refractivity contribution in [1.29, 1.82) is 0 Å². The maximum absolute atomic E-state index is 12.5. The van der Waals surface area contributed by atoms with E-state index < -0.39 is 0 Å². The molecule has 1 unspecified atom stereocenters. The third-order valence-corrected chi connectivity index (χ3v) is 4.23. The summed E-state index contributed by atoms with van der Waals surface area (Å²) in [6, 6.07) is 8.64. The van der Waals surface area contributed by atoms with Crippen molar-refractivity contribution in [2.24, 2.45) is 5.92 Å². The second-order valence-corrected chi connectivity index (χ2v) is 5.68. The average molecular weight is 296 g/mol. The summed E-state index contributed by atoms with van der Waals surface area (Å²) in [7, 11) is 2.11. The van der Waals surface area contributed by atoms with Gasteiger partial charge in [0.05, 0.1) is 5.92 Å². The lowest BCUT2D eigenvalue weighted by Crippen LogP contribution is -2.54. The van der Waals surface area contributed by atoms with Crippen LogP contribution >= 0.6 is 12.4 Å². The van der Waals surface area contributed by atoms with Crippen molar-refractivity contribution < 1.29 is 4.79 Å². The normalized spacial score (nSPS) is 22.4. The Morgan fingerprint density at radius 3 is 2.65 bits per heavy atom. The smallest absolute Gasteiger partial charge is 0.228 e. The Bertz CT molecular complexity index is 490. The Labute approximate surface area is 126 Å². The first-order valence-corrected chi connectivity index (χ1v) is 6.97. The van der Waals surface area contributed by atoms with Crippen molar-refractivity contribution in [3.8, 4) is 0 Å². The lowest BCUT2D eigenvalue weighted by molar-refractivity contribution is -0.139. The molecule has 2 heterocycles. The number of nitrogens with one attached hydrogen (secondary N) is 1. The molecule has 0 aliphatic carbocycles. The summed E-state index contributed by atoms with van der Waals surface area (Å²) in [6.07, 6.45) is 0. The van der Waals surface area contributed by atoms with Crippen LogP contribution < -0.4 is 10.2 Å². The molecule has 0 radical (unpaired) electrons. The molecule has 5 heteroatoms. The summed E-state index contributed by atoms with van der Waals surface area (Å²) in [4.78, 5) is 16.8. The van der Waals surface area contributed by atoms with Gasteiger partial charge < -0.3 is 15.1 Å². The minimum Gasteiger partial charge on any atom is -0.372 e. The van der Waals surface area contributed by atoms with E-state index in [4.69, 9.17) is 0 Å². The number of benzene rings is 1. The monoisotopic (exact) mass is 295 g/mol. The predicted octanol–water partition coefficient (Wildman–Crippen LogP) is 1.49. The highest BCUT2D eigenvalue weighted by molar-refractivity contribution is 5.85. The van der Waals surface area contributed by atoms with Gasteiger partial charge in [0.15, 0.2) is 0 Å². The number of halogens is 1. The molecule has 1 atom stereocenters. The van der Waals surface area contributed by atoms with E-state index in [1.165, 1.54) is 11.3 Å². The molecular weight excluding hydrogens is 274 g/mol. The zero-order valence-electron chi connectivity index (χ0n) is 12.0. The van der Waals surface area contributed by atoms with Crippen molar-refractivity contribution in [2.45, 2.75) is 19.5 Å². The van der Waals surface area contributed by atoms with Crippen LogP contribution in [0.3, 0.4) is 0 Å². The first kappa shape index (κ1) is 15.1. The average Bonchev–Trinajstić information content (AvgIpc) is 2.45. The third-order valence-electron chi connectivity index (χ3n) is 4.23. The number of para-hydroxylation sites is 1. The van der Waals surface area contributed by atoms with Crippen LogP contribution in [-0.4, -0.2) is 43.5 Å². The number of anilines is 1. The molecule has 1 saturated heterocycles. The van der Waals surface area contributed by atoms with E-state index in [0.29, 0.717) is 5.91 Å². The van der Waals surface area contributed by atoms with E-state index in [-0.39, 0.29) is 24.4 Å². The maximum Gasteiger partial charge on any atom is 0.228 e. The lowest BCUT2D eigenvalue weighted by Gasteiger charge is -2.35. The van der Waals surface area contributed by atoms with E-state index in [1.807, 2.05) is 4.90 Å². The van der Waals surface area contributed by atoms with Crippen molar-refractivity contribution in [3.05, 3.63) is 29.8 Å². The van der Waals surface area contributed by atoms with Crippen molar-refractivity contribution in [2.75, 3.05) is 31.6 Å². The number of carbonyl (C=O) groups is 1. The van der Waals surface area contributed by atoms with Gasteiger partial charge in [0.25, 0.3) is 0 Å². The van der Waals surface area contributed by atoms with Gasteiger partial charge in [-0.05, 0) is 18.6 Å². The number of fused-ring (bicyclic) bond motifs is 1. The van der Waals surface area contributed by atoms with E-state index in [2.05, 4.69) is 48.5 Å². The lowest BCUT2D eigenvalue weighted by atomic mass is 10.0. The maximum atomic E-state index is 12.5. The molecule has 2 aliphatic rings. The van der Waals surface area contributed by atoms with Crippen molar-refractivity contribution in [3.63, 3.8) is 0 Å². The van der Waals surface area contributed by atoms with Crippen LogP contribution in [0.2, 0.25) is 0 Å². The first-order chi connectivity index (χ1) is 9.16. The van der Waals surface area contributed by atoms with Crippen LogP contribution in [-0.2, 0) is 11.3 Å². The first-order valence-electron chi connectivity index (χ1n) is 6.97. The molecule has 3 rings (SSSR count). The van der Waals surface area contributed by atoms with Crippen molar-refractivity contribution >= 4 is 24.0 Å². The summed E-state index contributed by atoms with van der Waals surface area (Å²) in [6.45, 7) is 5.44. The highest BCUT2D eigenvalue weighted by atomic mass is 35.5. The van der Waals surface area contributed by atoms with Gasteiger partial charge in [0.2, 0.25) is 5.91 Å². The van der Waals surface area contributed by atoms with Gasteiger partial charge in [0, 0.05) is 45.0 Å². The fourth-order valence-corrected chi connectivity index (χ4v) is 2.94. The number of hydrogen-bond acceptors (Lipinski definition) is 3. The molecule has 20 heavy (non-hydrogen) atoms. The molecule has 1 fully saturated rings. The highest BCUT2D eigenvalue weighted by Crippen LogP contribution is 2.27. The molecule has 0 bridgehead atoms. The Kier molecular flexibility index (Phi) is 4.55. The molecule has 0 saturated carbocycles. The van der Waals surface area contributed by atoms with Crippen LogP contribution in [0, 0.1) is 5.92 Å². The number of amides is 1. The molecule has 0 aromatic heterocycles. The SMILES string of the molecule is CC1CN(C)c2ccccc2CN1C(=O)C1CNC1.Cl. The summed E-state index contributed by atoms with van der Waals surface area (Å²) in [5.41, 5.74) is 2.49. The zero-order valence-corrected chi connectivity index (χ0v) is 12.8. The second-order valence-electron chi connectivity index (χ2n) is 5.68. The second kappa shape index (κ2) is 6.02. The minimum absolute atomic E-state index is 0. The van der Waals surface area contributed by atoms with E-state index >= 15 is 0 Å². The zero-order chi connectivity index (χ0) is 13.4. The van der Waals surface area contributed by atoms with E-state index in [0.717, 1.165) is 26.2 Å². The molecule has 1 N–H and O–H groups in total. The van der Waals surface area contributed by atoms with Gasteiger partial charge in [-0.25, -0.2) is 0 Å². The van der Waals surface area contributed by atoms with E-state index in [1.54, 1.807) is 0 Å². The molecule has 1 aromatic carbocycles. The Morgan fingerprint density at radius 2 is 2.00 bits per heavy atom. The van der Waals surface area contributed by atoms with Crippen molar-refractivity contribution in [1.82, 2.24) is 10.2 Å². The summed E-state index contributed by atoms with van der Waals surface area (Å²) < 4.78 is 0. The summed E-state index contributed by atoms with van der Waals surface area (Å²) in [5.74, 6) is 0.481. The van der Waals surface area contributed by atoms with Gasteiger partial charge >= 0.3 is 0 Å². The standard InChI is InChI=1S/C15H21N3O.ClH/c1-11-9-17(2)14-6-4-3-5-12(14)10-18(11)15(19)13-7-16-8-13;/h3-6,11,13,16H,7-10H2,1-2H3;1H. The molecule has 1 aromatic rings. The van der Waals surface area contributed by atoms with E-state index in [9.17, 15) is 4.79 Å². The highest BCUT2D eigenvalue weighted by Gasteiger charge is 2.33. The topological polar surface area (TPSA) is 35.6 Å². The predicted molar refractivity (Wildman–Crippen MR) is 83.3 cm³/mol. The Morgan fingerprint density at radius 1 is 1.30 bits per heavy atom.